The molecule has 0 aliphatic rings. The third-order valence-corrected chi connectivity index (χ3v) is 0.766. The predicted molar refractivity (Wildman–Crippen MR) is 36.2 cm³/mol. The molecule has 0 heterocycles. The second-order valence-corrected chi connectivity index (χ2v) is 2.04. The minimum Gasteiger partial charge on any atom is -0.386 e. The largest absolute Gasteiger partial charge is 0.386 e. The Morgan fingerprint density at radius 1 is 1.62 bits per heavy atom. The van der Waals surface area contributed by atoms with Gasteiger partial charge in [-0.15, -0.1) is 0 Å². The summed E-state index contributed by atoms with van der Waals surface area (Å²) in [5, 5.41) is 3.03. The van der Waals surface area contributed by atoms with Crippen LogP contribution in [0.25, 0.3) is 0 Å². The van der Waals surface area contributed by atoms with Crippen molar-refractivity contribution >= 4 is 0 Å². The molecule has 0 aliphatic heterocycles. The topological polar surface area (TPSA) is 38.0 Å². The monoisotopic (exact) mass is 114 g/mol. The van der Waals surface area contributed by atoms with Crippen molar-refractivity contribution in [3.63, 3.8) is 0 Å². The zero-order valence-electron chi connectivity index (χ0n) is 5.73. The fourth-order valence-corrected chi connectivity index (χ4v) is 0.417. The second kappa shape index (κ2) is 3.36. The maximum atomic E-state index is 5.42. The van der Waals surface area contributed by atoms with E-state index in [1.807, 2.05) is 13.0 Å². The zero-order valence-corrected chi connectivity index (χ0v) is 5.73. The summed E-state index contributed by atoms with van der Waals surface area (Å²) >= 11 is 0. The van der Waals surface area contributed by atoms with E-state index in [0.717, 1.165) is 5.82 Å². The summed E-state index contributed by atoms with van der Waals surface area (Å²) in [7, 11) is 0. The molecule has 0 saturated carbocycles. The maximum absolute atomic E-state index is 5.42. The molecular weight excluding hydrogens is 100 g/mol. The van der Waals surface area contributed by atoms with Crippen LogP contribution < -0.4 is 11.1 Å². The lowest BCUT2D eigenvalue weighted by Gasteiger charge is -2.07. The van der Waals surface area contributed by atoms with Crippen molar-refractivity contribution in [2.75, 3.05) is 0 Å². The van der Waals surface area contributed by atoms with Gasteiger partial charge in [0.25, 0.3) is 0 Å². The molecule has 48 valence electrons. The lowest BCUT2D eigenvalue weighted by Crippen LogP contribution is -2.26. The van der Waals surface area contributed by atoms with Gasteiger partial charge in [-0.3, -0.25) is 0 Å². The standard InChI is InChI=1S/C6H14N2/c1-4-6(7)8-5(2)3/h4-5,8H,7H2,1-3H3/b6-4+. The first kappa shape index (κ1) is 7.34. The molecule has 2 heteroatoms. The summed E-state index contributed by atoms with van der Waals surface area (Å²) in [6, 6.07) is 0.436. The van der Waals surface area contributed by atoms with Gasteiger partial charge in [-0.05, 0) is 26.8 Å². The van der Waals surface area contributed by atoms with E-state index in [1.54, 1.807) is 0 Å². The normalized spacial score (nSPS) is 12.2. The highest BCUT2D eigenvalue weighted by Crippen LogP contribution is 1.80. The summed E-state index contributed by atoms with van der Waals surface area (Å²) in [5.74, 6) is 0.750. The maximum Gasteiger partial charge on any atom is 0.0917 e. The van der Waals surface area contributed by atoms with Gasteiger partial charge >= 0.3 is 0 Å². The van der Waals surface area contributed by atoms with Crippen molar-refractivity contribution in [1.82, 2.24) is 5.32 Å². The Morgan fingerprint density at radius 2 is 2.12 bits per heavy atom. The number of nitrogens with two attached hydrogens (primary N) is 1. The molecule has 0 aliphatic carbocycles. The van der Waals surface area contributed by atoms with Gasteiger partial charge in [0.2, 0.25) is 0 Å². The van der Waals surface area contributed by atoms with E-state index in [9.17, 15) is 0 Å². The van der Waals surface area contributed by atoms with Crippen LogP contribution in [0.3, 0.4) is 0 Å². The number of nitrogens with one attached hydrogen (secondary N) is 1. The average Bonchev–Trinajstić information content (AvgIpc) is 1.65. The van der Waals surface area contributed by atoms with Gasteiger partial charge in [-0.25, -0.2) is 0 Å². The fourth-order valence-electron chi connectivity index (χ4n) is 0.417. The van der Waals surface area contributed by atoms with Crippen LogP contribution in [0.15, 0.2) is 11.9 Å². The van der Waals surface area contributed by atoms with E-state index in [4.69, 9.17) is 5.73 Å². The number of allylic oxidation sites excluding steroid dienone is 1. The van der Waals surface area contributed by atoms with E-state index < -0.39 is 0 Å². The lowest BCUT2D eigenvalue weighted by molar-refractivity contribution is 0.662. The van der Waals surface area contributed by atoms with Gasteiger partial charge in [-0.1, -0.05) is 0 Å². The number of hydrogen-bond acceptors (Lipinski definition) is 2. The van der Waals surface area contributed by atoms with Crippen LogP contribution in [-0.4, -0.2) is 6.04 Å². The van der Waals surface area contributed by atoms with Crippen LogP contribution in [0.4, 0.5) is 0 Å². The van der Waals surface area contributed by atoms with Gasteiger partial charge < -0.3 is 11.1 Å². The summed E-state index contributed by atoms with van der Waals surface area (Å²) in [6.45, 7) is 6.01. The molecule has 2 nitrogen and oxygen atoms in total. The highest BCUT2D eigenvalue weighted by molar-refractivity contribution is 4.91. The molecule has 0 atom stereocenters. The third kappa shape index (κ3) is 3.53. The van der Waals surface area contributed by atoms with Crippen LogP contribution in [0.5, 0.6) is 0 Å². The van der Waals surface area contributed by atoms with E-state index in [0.29, 0.717) is 6.04 Å². The lowest BCUT2D eigenvalue weighted by atomic mass is 10.4. The minimum absolute atomic E-state index is 0.436. The van der Waals surface area contributed by atoms with Gasteiger partial charge in [0.15, 0.2) is 0 Å². The number of rotatable bonds is 2. The zero-order chi connectivity index (χ0) is 6.57. The van der Waals surface area contributed by atoms with E-state index in [-0.39, 0.29) is 0 Å². The molecule has 0 fully saturated rings. The van der Waals surface area contributed by atoms with Gasteiger partial charge in [0, 0.05) is 6.04 Å². The highest BCUT2D eigenvalue weighted by atomic mass is 15.0. The van der Waals surface area contributed by atoms with E-state index >= 15 is 0 Å². The van der Waals surface area contributed by atoms with Crippen LogP contribution in [0, 0.1) is 0 Å². The summed E-state index contributed by atoms with van der Waals surface area (Å²) in [6.07, 6.45) is 1.85. The second-order valence-electron chi connectivity index (χ2n) is 2.04. The Morgan fingerprint density at radius 3 is 2.25 bits per heavy atom. The Hall–Kier alpha value is -0.660. The molecule has 0 bridgehead atoms. The van der Waals surface area contributed by atoms with Crippen LogP contribution >= 0.6 is 0 Å². The average molecular weight is 114 g/mol. The first-order valence-corrected chi connectivity index (χ1v) is 2.85. The van der Waals surface area contributed by atoms with Crippen molar-refractivity contribution in [3.8, 4) is 0 Å². The molecule has 0 aromatic carbocycles. The molecular formula is C6H14N2. The first-order chi connectivity index (χ1) is 3.66. The van der Waals surface area contributed by atoms with Gasteiger partial charge in [0.05, 0.1) is 5.82 Å². The molecule has 0 unspecified atom stereocenters. The Bertz CT molecular complexity index is 84.5. The molecule has 0 aromatic rings. The predicted octanol–water partition coefficient (Wildman–Crippen LogP) is 0.804. The fraction of sp³-hybridized carbons (Fsp3) is 0.667. The Balaban J connectivity index is 3.39. The molecule has 3 N–H and O–H groups in total. The number of hydrogen-bond donors (Lipinski definition) is 2. The smallest absolute Gasteiger partial charge is 0.0917 e. The SMILES string of the molecule is C/C=C(\N)NC(C)C. The minimum atomic E-state index is 0.436. The van der Waals surface area contributed by atoms with Crippen molar-refractivity contribution in [3.05, 3.63) is 11.9 Å². The van der Waals surface area contributed by atoms with E-state index in [2.05, 4.69) is 19.2 Å². The summed E-state index contributed by atoms with van der Waals surface area (Å²) in [4.78, 5) is 0. The van der Waals surface area contributed by atoms with Crippen molar-refractivity contribution in [1.29, 1.82) is 0 Å². The Kier molecular flexibility index (Phi) is 3.08. The molecule has 0 saturated heterocycles. The molecule has 0 amide bonds. The summed E-state index contributed by atoms with van der Waals surface area (Å²) < 4.78 is 0. The van der Waals surface area contributed by atoms with Crippen molar-refractivity contribution < 1.29 is 0 Å². The van der Waals surface area contributed by atoms with Gasteiger partial charge in [-0.2, -0.15) is 0 Å². The van der Waals surface area contributed by atoms with Crippen molar-refractivity contribution in [2.45, 2.75) is 26.8 Å². The summed E-state index contributed by atoms with van der Waals surface area (Å²) in [5.41, 5.74) is 5.42. The van der Waals surface area contributed by atoms with Crippen molar-refractivity contribution in [2.24, 2.45) is 5.73 Å². The molecule has 0 rings (SSSR count). The molecule has 0 aromatic heterocycles. The molecule has 0 spiro atoms. The van der Waals surface area contributed by atoms with Gasteiger partial charge in [0.1, 0.15) is 0 Å². The van der Waals surface area contributed by atoms with Crippen LogP contribution in [-0.2, 0) is 0 Å². The Labute approximate surface area is 50.8 Å². The quantitative estimate of drug-likeness (QED) is 0.557. The first-order valence-electron chi connectivity index (χ1n) is 2.85. The third-order valence-electron chi connectivity index (χ3n) is 0.766. The van der Waals surface area contributed by atoms with E-state index in [1.165, 1.54) is 0 Å². The van der Waals surface area contributed by atoms with Crippen LogP contribution in [0.1, 0.15) is 20.8 Å². The highest BCUT2D eigenvalue weighted by Gasteiger charge is 1.88. The molecule has 8 heavy (non-hydrogen) atoms. The van der Waals surface area contributed by atoms with Crippen LogP contribution in [0.2, 0.25) is 0 Å². The molecule has 0 radical (unpaired) electrons.